The molecular weight excluding hydrogens is 248 g/mol. The maximum absolute atomic E-state index is 5.39. The Labute approximate surface area is 123 Å². The summed E-state index contributed by atoms with van der Waals surface area (Å²) in [5.41, 5.74) is 1.41. The van der Waals surface area contributed by atoms with E-state index in [1.54, 1.807) is 0 Å². The standard InChI is InChI=1S/C17H28N2O/c1-15(2)14-17(16-6-4-3-5-7-16)18-8-9-19-10-12-20-13-11-19/h3-7,15,17-18H,8-14H2,1-2H3. The third-order valence-corrected chi connectivity index (χ3v) is 3.83. The van der Waals surface area contributed by atoms with E-state index in [9.17, 15) is 0 Å². The van der Waals surface area contributed by atoms with Gasteiger partial charge in [-0.1, -0.05) is 44.2 Å². The van der Waals surface area contributed by atoms with Gasteiger partial charge in [-0.25, -0.2) is 0 Å². The van der Waals surface area contributed by atoms with Gasteiger partial charge < -0.3 is 10.1 Å². The summed E-state index contributed by atoms with van der Waals surface area (Å²) < 4.78 is 5.39. The molecule has 0 aromatic heterocycles. The fraction of sp³-hybridized carbons (Fsp3) is 0.647. The SMILES string of the molecule is CC(C)CC(NCCN1CCOCC1)c1ccccc1. The minimum atomic E-state index is 0.470. The molecule has 0 amide bonds. The van der Waals surface area contributed by atoms with Crippen molar-refractivity contribution in [2.24, 2.45) is 5.92 Å². The molecule has 0 bridgehead atoms. The third-order valence-electron chi connectivity index (χ3n) is 3.83. The van der Waals surface area contributed by atoms with E-state index in [2.05, 4.69) is 54.4 Å². The van der Waals surface area contributed by atoms with Crippen LogP contribution in [0, 0.1) is 5.92 Å². The van der Waals surface area contributed by atoms with Gasteiger partial charge in [0.2, 0.25) is 0 Å². The van der Waals surface area contributed by atoms with Crippen LogP contribution in [0.25, 0.3) is 0 Å². The number of hydrogen-bond donors (Lipinski definition) is 1. The van der Waals surface area contributed by atoms with E-state index in [0.717, 1.165) is 39.4 Å². The first kappa shape index (κ1) is 15.5. The molecular formula is C17H28N2O. The number of hydrogen-bond acceptors (Lipinski definition) is 3. The lowest BCUT2D eigenvalue weighted by atomic mass is 9.97. The topological polar surface area (TPSA) is 24.5 Å². The largest absolute Gasteiger partial charge is 0.379 e. The molecule has 1 aliphatic rings. The summed E-state index contributed by atoms with van der Waals surface area (Å²) in [6.45, 7) is 10.7. The fourth-order valence-corrected chi connectivity index (χ4v) is 2.72. The van der Waals surface area contributed by atoms with Gasteiger partial charge in [0.1, 0.15) is 0 Å². The second-order valence-electron chi connectivity index (χ2n) is 6.00. The van der Waals surface area contributed by atoms with Crippen LogP contribution in [0.4, 0.5) is 0 Å². The molecule has 1 N–H and O–H groups in total. The highest BCUT2D eigenvalue weighted by molar-refractivity contribution is 5.18. The molecule has 1 saturated heterocycles. The van der Waals surface area contributed by atoms with Crippen molar-refractivity contribution >= 4 is 0 Å². The van der Waals surface area contributed by atoms with Gasteiger partial charge in [-0.2, -0.15) is 0 Å². The van der Waals surface area contributed by atoms with Crippen molar-refractivity contribution in [3.05, 3.63) is 35.9 Å². The number of benzene rings is 1. The molecule has 1 unspecified atom stereocenters. The Morgan fingerprint density at radius 1 is 1.15 bits per heavy atom. The molecule has 112 valence electrons. The van der Waals surface area contributed by atoms with Crippen molar-refractivity contribution in [3.63, 3.8) is 0 Å². The van der Waals surface area contributed by atoms with E-state index in [1.807, 2.05) is 0 Å². The Balaban J connectivity index is 1.81. The summed E-state index contributed by atoms with van der Waals surface area (Å²) >= 11 is 0. The molecule has 3 heteroatoms. The van der Waals surface area contributed by atoms with Crippen LogP contribution in [0.5, 0.6) is 0 Å². The summed E-state index contributed by atoms with van der Waals surface area (Å²) in [4.78, 5) is 2.48. The van der Waals surface area contributed by atoms with Crippen LogP contribution in [0.2, 0.25) is 0 Å². The maximum atomic E-state index is 5.39. The zero-order chi connectivity index (χ0) is 14.2. The number of morpholine rings is 1. The van der Waals surface area contributed by atoms with E-state index >= 15 is 0 Å². The van der Waals surface area contributed by atoms with Crippen molar-refractivity contribution in [2.75, 3.05) is 39.4 Å². The Morgan fingerprint density at radius 3 is 2.50 bits per heavy atom. The van der Waals surface area contributed by atoms with Crippen LogP contribution >= 0.6 is 0 Å². The molecule has 2 rings (SSSR count). The first-order valence-electron chi connectivity index (χ1n) is 7.84. The van der Waals surface area contributed by atoms with E-state index in [4.69, 9.17) is 4.74 Å². The predicted molar refractivity (Wildman–Crippen MR) is 83.9 cm³/mol. The normalized spacial score (nSPS) is 18.4. The van der Waals surface area contributed by atoms with Crippen LogP contribution in [0.15, 0.2) is 30.3 Å². The molecule has 1 fully saturated rings. The molecule has 0 spiro atoms. The summed E-state index contributed by atoms with van der Waals surface area (Å²) in [6, 6.07) is 11.3. The third kappa shape index (κ3) is 5.23. The van der Waals surface area contributed by atoms with Crippen molar-refractivity contribution in [2.45, 2.75) is 26.3 Å². The lowest BCUT2D eigenvalue weighted by Crippen LogP contribution is -2.41. The summed E-state index contributed by atoms with van der Waals surface area (Å²) in [5.74, 6) is 0.705. The Hall–Kier alpha value is -0.900. The number of ether oxygens (including phenoxy) is 1. The number of nitrogens with zero attached hydrogens (tertiary/aromatic N) is 1. The van der Waals surface area contributed by atoms with Crippen LogP contribution in [0.1, 0.15) is 31.9 Å². The highest BCUT2D eigenvalue weighted by atomic mass is 16.5. The highest BCUT2D eigenvalue weighted by Gasteiger charge is 2.14. The van der Waals surface area contributed by atoms with Gasteiger partial charge in [0.15, 0.2) is 0 Å². The van der Waals surface area contributed by atoms with Crippen LogP contribution < -0.4 is 5.32 Å². The summed E-state index contributed by atoms with van der Waals surface area (Å²) in [6.07, 6.45) is 1.19. The lowest BCUT2D eigenvalue weighted by molar-refractivity contribution is 0.0380. The van der Waals surface area contributed by atoms with E-state index in [1.165, 1.54) is 12.0 Å². The minimum Gasteiger partial charge on any atom is -0.379 e. The molecule has 1 aromatic rings. The molecule has 1 aliphatic heterocycles. The second kappa shape index (κ2) is 8.40. The Morgan fingerprint density at radius 2 is 1.85 bits per heavy atom. The first-order chi connectivity index (χ1) is 9.75. The molecule has 0 saturated carbocycles. The second-order valence-corrected chi connectivity index (χ2v) is 6.00. The average Bonchev–Trinajstić information content (AvgIpc) is 2.48. The number of rotatable bonds is 7. The van der Waals surface area contributed by atoms with Gasteiger partial charge in [-0.05, 0) is 17.9 Å². The molecule has 1 heterocycles. The van der Waals surface area contributed by atoms with Gasteiger partial charge >= 0.3 is 0 Å². The zero-order valence-electron chi connectivity index (χ0n) is 12.8. The summed E-state index contributed by atoms with van der Waals surface area (Å²) in [5, 5.41) is 3.73. The van der Waals surface area contributed by atoms with Crippen LogP contribution in [0.3, 0.4) is 0 Å². The Kier molecular flexibility index (Phi) is 6.51. The molecule has 1 aromatic carbocycles. The smallest absolute Gasteiger partial charge is 0.0594 e. The summed E-state index contributed by atoms with van der Waals surface area (Å²) in [7, 11) is 0. The van der Waals surface area contributed by atoms with Crippen molar-refractivity contribution in [1.29, 1.82) is 0 Å². The van der Waals surface area contributed by atoms with Gasteiger partial charge in [-0.3, -0.25) is 4.90 Å². The van der Waals surface area contributed by atoms with Crippen molar-refractivity contribution in [1.82, 2.24) is 10.2 Å². The molecule has 20 heavy (non-hydrogen) atoms. The highest BCUT2D eigenvalue weighted by Crippen LogP contribution is 2.20. The average molecular weight is 276 g/mol. The van der Waals surface area contributed by atoms with E-state index < -0.39 is 0 Å². The van der Waals surface area contributed by atoms with E-state index in [0.29, 0.717) is 12.0 Å². The molecule has 0 radical (unpaired) electrons. The van der Waals surface area contributed by atoms with E-state index in [-0.39, 0.29) is 0 Å². The minimum absolute atomic E-state index is 0.470. The quantitative estimate of drug-likeness (QED) is 0.828. The van der Waals surface area contributed by atoms with Crippen LogP contribution in [-0.4, -0.2) is 44.3 Å². The Bertz CT molecular complexity index is 361. The zero-order valence-corrected chi connectivity index (χ0v) is 12.8. The fourth-order valence-electron chi connectivity index (χ4n) is 2.72. The number of nitrogens with one attached hydrogen (secondary N) is 1. The van der Waals surface area contributed by atoms with Gasteiger partial charge in [-0.15, -0.1) is 0 Å². The van der Waals surface area contributed by atoms with Crippen molar-refractivity contribution in [3.8, 4) is 0 Å². The van der Waals surface area contributed by atoms with Crippen molar-refractivity contribution < 1.29 is 4.74 Å². The molecule has 0 aliphatic carbocycles. The van der Waals surface area contributed by atoms with Crippen LogP contribution in [-0.2, 0) is 4.74 Å². The van der Waals surface area contributed by atoms with Gasteiger partial charge in [0, 0.05) is 32.2 Å². The maximum Gasteiger partial charge on any atom is 0.0594 e. The van der Waals surface area contributed by atoms with Gasteiger partial charge in [0.25, 0.3) is 0 Å². The first-order valence-corrected chi connectivity index (χ1v) is 7.84. The lowest BCUT2D eigenvalue weighted by Gasteiger charge is -2.28. The monoisotopic (exact) mass is 276 g/mol. The predicted octanol–water partition coefficient (Wildman–Crippen LogP) is 2.70. The molecule has 1 atom stereocenters. The van der Waals surface area contributed by atoms with Gasteiger partial charge in [0.05, 0.1) is 13.2 Å². The molecule has 3 nitrogen and oxygen atoms in total.